The molecule has 0 aromatic heterocycles. The van der Waals surface area contributed by atoms with Gasteiger partial charge in [-0.25, -0.2) is 0 Å². The molecule has 2 nitrogen and oxygen atoms in total. The summed E-state index contributed by atoms with van der Waals surface area (Å²) in [4.78, 5) is 12.6. The van der Waals surface area contributed by atoms with E-state index >= 15 is 0 Å². The molecule has 0 heterocycles. The van der Waals surface area contributed by atoms with E-state index in [1.54, 1.807) is 35.7 Å². The molecule has 0 saturated carbocycles. The third-order valence-corrected chi connectivity index (χ3v) is 2.56. The van der Waals surface area contributed by atoms with Crippen molar-refractivity contribution in [3.8, 4) is 0 Å². The van der Waals surface area contributed by atoms with Crippen LogP contribution in [0.1, 0.15) is 6.92 Å². The quantitative estimate of drug-likeness (QED) is 0.612. The summed E-state index contributed by atoms with van der Waals surface area (Å²) in [6, 6.07) is 7.96. The van der Waals surface area contributed by atoms with E-state index in [1.165, 1.54) is 4.35 Å². The van der Waals surface area contributed by atoms with Crippen LogP contribution in [0.5, 0.6) is 0 Å². The Kier molecular flexibility index (Phi) is 2.93. The first-order valence-electron chi connectivity index (χ1n) is 3.71. The molecule has 1 aromatic rings. The third-order valence-electron chi connectivity index (χ3n) is 1.75. The normalized spacial score (nSPS) is 9.58. The van der Waals surface area contributed by atoms with E-state index in [2.05, 4.69) is 0 Å². The van der Waals surface area contributed by atoms with Gasteiger partial charge in [-0.1, -0.05) is 0 Å². The number of hydrogen-bond acceptors (Lipinski definition) is 1. The molecule has 0 fully saturated rings. The Hall–Kier alpha value is -0.752. The van der Waals surface area contributed by atoms with Crippen molar-refractivity contribution in [3.63, 3.8) is 0 Å². The van der Waals surface area contributed by atoms with Crippen molar-refractivity contribution >= 4 is 32.8 Å². The number of benzene rings is 1. The molecule has 0 bridgehead atoms. The molecular formula is C9H12AsNO. The fraction of sp³-hybridized carbons (Fsp3) is 0.222. The molecular weight excluding hydrogens is 213 g/mol. The summed E-state index contributed by atoms with van der Waals surface area (Å²) in [5.41, 5.74) is 0.948. The molecule has 0 radical (unpaired) electrons. The van der Waals surface area contributed by atoms with Crippen LogP contribution in [0.4, 0.5) is 5.69 Å². The number of rotatable bonds is 1. The molecule has 0 saturated heterocycles. The van der Waals surface area contributed by atoms with Gasteiger partial charge in [-0.05, 0) is 0 Å². The van der Waals surface area contributed by atoms with Crippen LogP contribution >= 0.6 is 0 Å². The van der Waals surface area contributed by atoms with E-state index in [1.807, 2.05) is 24.3 Å². The summed E-state index contributed by atoms with van der Waals surface area (Å²) in [5.74, 6) is 0.0596. The molecule has 0 aliphatic carbocycles. The van der Waals surface area contributed by atoms with Crippen LogP contribution in [-0.2, 0) is 4.79 Å². The Balaban J connectivity index is 2.89. The first-order chi connectivity index (χ1) is 5.61. The van der Waals surface area contributed by atoms with Crippen LogP contribution in [-0.4, -0.2) is 29.8 Å². The fourth-order valence-electron chi connectivity index (χ4n) is 0.880. The second-order valence-corrected chi connectivity index (χ2v) is 4.07. The maximum absolute atomic E-state index is 11.0. The van der Waals surface area contributed by atoms with Gasteiger partial charge in [-0.15, -0.1) is 0 Å². The van der Waals surface area contributed by atoms with Gasteiger partial charge in [0.1, 0.15) is 0 Å². The zero-order valence-corrected chi connectivity index (χ0v) is 9.66. The van der Waals surface area contributed by atoms with Crippen molar-refractivity contribution in [3.05, 3.63) is 24.3 Å². The van der Waals surface area contributed by atoms with Crippen molar-refractivity contribution < 1.29 is 4.79 Å². The van der Waals surface area contributed by atoms with Gasteiger partial charge in [0.2, 0.25) is 0 Å². The molecule has 0 aliphatic rings. The monoisotopic (exact) mass is 225 g/mol. The summed E-state index contributed by atoms with van der Waals surface area (Å²) >= 11 is 1.59. The first kappa shape index (κ1) is 9.34. The molecule has 0 aliphatic heterocycles. The van der Waals surface area contributed by atoms with Gasteiger partial charge in [0.05, 0.1) is 0 Å². The van der Waals surface area contributed by atoms with Crippen LogP contribution in [0.25, 0.3) is 0 Å². The minimum absolute atomic E-state index is 0.0596. The maximum atomic E-state index is 11.0. The second kappa shape index (κ2) is 3.77. The van der Waals surface area contributed by atoms with Crippen LogP contribution in [0.3, 0.4) is 0 Å². The number of nitrogens with zero attached hydrogens (tertiary/aromatic N) is 1. The number of anilines is 1. The average Bonchev–Trinajstić information content (AvgIpc) is 2.04. The van der Waals surface area contributed by atoms with E-state index < -0.39 is 0 Å². The molecule has 1 unspecified atom stereocenters. The van der Waals surface area contributed by atoms with Crippen molar-refractivity contribution in [1.82, 2.24) is 0 Å². The van der Waals surface area contributed by atoms with E-state index in [0.29, 0.717) is 0 Å². The van der Waals surface area contributed by atoms with E-state index in [0.717, 1.165) is 5.69 Å². The van der Waals surface area contributed by atoms with Gasteiger partial charge in [0.25, 0.3) is 0 Å². The Labute approximate surface area is 81.1 Å². The van der Waals surface area contributed by atoms with Gasteiger partial charge in [0, 0.05) is 0 Å². The van der Waals surface area contributed by atoms with E-state index in [9.17, 15) is 4.79 Å². The third kappa shape index (κ3) is 2.12. The van der Waals surface area contributed by atoms with Gasteiger partial charge in [0.15, 0.2) is 0 Å². The predicted molar refractivity (Wildman–Crippen MR) is 53.7 cm³/mol. The van der Waals surface area contributed by atoms with Gasteiger partial charge >= 0.3 is 80.7 Å². The molecule has 3 heteroatoms. The average molecular weight is 225 g/mol. The predicted octanol–water partition coefficient (Wildman–Crippen LogP) is -0.0723. The molecule has 1 atom stereocenters. The summed E-state index contributed by atoms with van der Waals surface area (Å²) < 4.78 is 1.27. The summed E-state index contributed by atoms with van der Waals surface area (Å²) in [6.07, 6.45) is 0. The molecule has 1 amide bonds. The molecule has 1 aromatic carbocycles. The molecule has 0 spiro atoms. The Bertz CT molecular complexity index is 281. The SMILES string of the molecule is CC(=O)N(C)c1ccc([AsH2])cc1. The topological polar surface area (TPSA) is 20.3 Å². The molecule has 0 N–H and O–H groups in total. The number of carbonyl (C=O) groups excluding carboxylic acids is 1. The van der Waals surface area contributed by atoms with Crippen molar-refractivity contribution in [1.29, 1.82) is 0 Å². The summed E-state index contributed by atoms with van der Waals surface area (Å²) in [5, 5.41) is 0. The standard InChI is InChI=1S/C9H12AsNO/c1-7(12)11(2)9-5-3-8(10)4-6-9/h3-6H,10H2,1-2H3. The minimum atomic E-state index is 0.0596. The van der Waals surface area contributed by atoms with Crippen molar-refractivity contribution in [2.45, 2.75) is 6.92 Å². The van der Waals surface area contributed by atoms with Crippen molar-refractivity contribution in [2.75, 3.05) is 11.9 Å². The molecule has 64 valence electrons. The Morgan fingerprint density at radius 1 is 1.33 bits per heavy atom. The Morgan fingerprint density at radius 3 is 2.25 bits per heavy atom. The zero-order valence-electron chi connectivity index (χ0n) is 7.24. The summed E-state index contributed by atoms with van der Waals surface area (Å²) in [7, 11) is 1.78. The number of amides is 1. The fourth-order valence-corrected chi connectivity index (χ4v) is 1.28. The zero-order chi connectivity index (χ0) is 9.14. The van der Waals surface area contributed by atoms with Crippen LogP contribution < -0.4 is 9.25 Å². The first-order valence-corrected chi connectivity index (χ1v) is 4.92. The molecule has 1 rings (SSSR count). The summed E-state index contributed by atoms with van der Waals surface area (Å²) in [6.45, 7) is 1.56. The number of carbonyl (C=O) groups is 1. The van der Waals surface area contributed by atoms with Crippen LogP contribution in [0.2, 0.25) is 0 Å². The molecule has 12 heavy (non-hydrogen) atoms. The van der Waals surface area contributed by atoms with Gasteiger partial charge < -0.3 is 0 Å². The van der Waals surface area contributed by atoms with Crippen LogP contribution in [0.15, 0.2) is 24.3 Å². The van der Waals surface area contributed by atoms with Gasteiger partial charge in [-0.2, -0.15) is 0 Å². The van der Waals surface area contributed by atoms with E-state index in [-0.39, 0.29) is 5.91 Å². The number of hydrogen-bond donors (Lipinski definition) is 0. The Morgan fingerprint density at radius 2 is 1.83 bits per heavy atom. The van der Waals surface area contributed by atoms with E-state index in [4.69, 9.17) is 0 Å². The van der Waals surface area contributed by atoms with Gasteiger partial charge in [-0.3, -0.25) is 0 Å². The van der Waals surface area contributed by atoms with Crippen LogP contribution in [0, 0.1) is 0 Å². The van der Waals surface area contributed by atoms with Crippen molar-refractivity contribution in [2.24, 2.45) is 0 Å². The second-order valence-electron chi connectivity index (χ2n) is 2.67.